The molecule has 0 bridgehead atoms. The highest BCUT2D eigenvalue weighted by Gasteiger charge is 2.26. The maximum Gasteiger partial charge on any atom is 0.261 e. The molecule has 0 radical (unpaired) electrons. The van der Waals surface area contributed by atoms with Crippen molar-refractivity contribution in [3.05, 3.63) is 59.7 Å². The van der Waals surface area contributed by atoms with Crippen molar-refractivity contribution in [3.8, 4) is 11.5 Å². The lowest BCUT2D eigenvalue weighted by Crippen LogP contribution is -2.49. The number of amides is 2. The summed E-state index contributed by atoms with van der Waals surface area (Å²) in [4.78, 5) is 27.0. The van der Waals surface area contributed by atoms with Crippen molar-refractivity contribution in [2.45, 2.75) is 39.8 Å². The van der Waals surface area contributed by atoms with E-state index >= 15 is 0 Å². The molecular formula is C23H30N2O4. The van der Waals surface area contributed by atoms with Crippen LogP contribution in [0, 0.1) is 6.92 Å². The fourth-order valence-corrected chi connectivity index (χ4v) is 2.77. The van der Waals surface area contributed by atoms with E-state index in [0.29, 0.717) is 18.8 Å². The van der Waals surface area contributed by atoms with Gasteiger partial charge in [0.1, 0.15) is 17.5 Å². The summed E-state index contributed by atoms with van der Waals surface area (Å²) in [5.74, 6) is 0.934. The third-order valence-corrected chi connectivity index (χ3v) is 4.61. The summed E-state index contributed by atoms with van der Waals surface area (Å²) in [5, 5.41) is 2.86. The number of carbonyl (C=O) groups excluding carboxylic acids is 2. The molecule has 29 heavy (non-hydrogen) atoms. The Morgan fingerprint density at radius 2 is 1.66 bits per heavy atom. The van der Waals surface area contributed by atoms with Gasteiger partial charge < -0.3 is 19.7 Å². The summed E-state index contributed by atoms with van der Waals surface area (Å²) in [6.45, 7) is 6.46. The molecule has 2 rings (SSSR count). The third-order valence-electron chi connectivity index (χ3n) is 4.61. The zero-order valence-electron chi connectivity index (χ0n) is 17.6. The molecule has 2 aromatic carbocycles. The van der Waals surface area contributed by atoms with E-state index in [2.05, 4.69) is 5.32 Å². The average Bonchev–Trinajstić information content (AvgIpc) is 2.75. The van der Waals surface area contributed by atoms with E-state index in [1.54, 1.807) is 18.9 Å². The second-order valence-corrected chi connectivity index (χ2v) is 6.94. The Bertz CT molecular complexity index is 788. The number of aryl methyl sites for hydroxylation is 1. The highest BCUT2D eigenvalue weighted by atomic mass is 16.5. The van der Waals surface area contributed by atoms with Crippen LogP contribution in [0.4, 0.5) is 0 Å². The lowest BCUT2D eigenvalue weighted by molar-refractivity contribution is -0.142. The summed E-state index contributed by atoms with van der Waals surface area (Å²) in [6.07, 6.45) is 0.835. The molecule has 6 heteroatoms. The standard InChI is InChI=1S/C23H30N2O4/c1-5-14-24-23(27)18(3)25(15-19-8-12-20(28-4)13-9-19)22(26)16-29-21-10-6-17(2)7-11-21/h6-13,18H,5,14-16H2,1-4H3,(H,24,27)/t18-/m0/s1. The molecule has 0 unspecified atom stereocenters. The van der Waals surface area contributed by atoms with Crippen LogP contribution < -0.4 is 14.8 Å². The summed E-state index contributed by atoms with van der Waals surface area (Å²) in [5.41, 5.74) is 2.02. The van der Waals surface area contributed by atoms with Gasteiger partial charge in [-0.15, -0.1) is 0 Å². The Kier molecular flexibility index (Phi) is 8.52. The number of benzene rings is 2. The number of ether oxygens (including phenoxy) is 2. The van der Waals surface area contributed by atoms with E-state index in [1.165, 1.54) is 0 Å². The van der Waals surface area contributed by atoms with Gasteiger partial charge in [0.05, 0.1) is 7.11 Å². The Hall–Kier alpha value is -3.02. The van der Waals surface area contributed by atoms with Gasteiger partial charge in [0, 0.05) is 13.1 Å². The first kappa shape index (κ1) is 22.3. The average molecular weight is 399 g/mol. The number of hydrogen-bond donors (Lipinski definition) is 1. The van der Waals surface area contributed by atoms with Crippen LogP contribution in [0.25, 0.3) is 0 Å². The Balaban J connectivity index is 2.11. The highest BCUT2D eigenvalue weighted by Crippen LogP contribution is 2.16. The van der Waals surface area contributed by atoms with E-state index in [4.69, 9.17) is 9.47 Å². The number of hydrogen-bond acceptors (Lipinski definition) is 4. The van der Waals surface area contributed by atoms with E-state index in [9.17, 15) is 9.59 Å². The Morgan fingerprint density at radius 3 is 2.24 bits per heavy atom. The van der Waals surface area contributed by atoms with Gasteiger partial charge >= 0.3 is 0 Å². The van der Waals surface area contributed by atoms with Crippen LogP contribution in [0.5, 0.6) is 11.5 Å². The minimum absolute atomic E-state index is 0.134. The second kappa shape index (κ2) is 11.1. The molecule has 2 aromatic rings. The largest absolute Gasteiger partial charge is 0.497 e. The van der Waals surface area contributed by atoms with E-state index < -0.39 is 6.04 Å². The monoisotopic (exact) mass is 398 g/mol. The second-order valence-electron chi connectivity index (χ2n) is 6.94. The predicted octanol–water partition coefficient (Wildman–Crippen LogP) is 3.33. The summed E-state index contributed by atoms with van der Waals surface area (Å²) in [6, 6.07) is 14.3. The molecule has 0 fully saturated rings. The summed E-state index contributed by atoms with van der Waals surface area (Å²) < 4.78 is 10.8. The molecule has 0 aliphatic heterocycles. The molecule has 0 saturated carbocycles. The van der Waals surface area contributed by atoms with Crippen molar-refractivity contribution in [2.75, 3.05) is 20.3 Å². The quantitative estimate of drug-likeness (QED) is 0.667. The minimum Gasteiger partial charge on any atom is -0.497 e. The molecule has 1 N–H and O–H groups in total. The van der Waals surface area contributed by atoms with Crippen molar-refractivity contribution in [2.24, 2.45) is 0 Å². The number of nitrogens with zero attached hydrogens (tertiary/aromatic N) is 1. The number of methoxy groups -OCH3 is 1. The lowest BCUT2D eigenvalue weighted by Gasteiger charge is -2.28. The normalized spacial score (nSPS) is 11.4. The highest BCUT2D eigenvalue weighted by molar-refractivity contribution is 5.87. The first-order valence-corrected chi connectivity index (χ1v) is 9.84. The fraction of sp³-hybridized carbons (Fsp3) is 0.391. The topological polar surface area (TPSA) is 67.9 Å². The van der Waals surface area contributed by atoms with Crippen LogP contribution in [0.3, 0.4) is 0 Å². The van der Waals surface area contributed by atoms with Crippen LogP contribution in [0.1, 0.15) is 31.4 Å². The van der Waals surface area contributed by atoms with Crippen LogP contribution in [-0.2, 0) is 16.1 Å². The molecule has 0 aromatic heterocycles. The smallest absolute Gasteiger partial charge is 0.261 e. The van der Waals surface area contributed by atoms with Gasteiger partial charge in [0.25, 0.3) is 5.91 Å². The molecule has 2 amide bonds. The van der Waals surface area contributed by atoms with Crippen LogP contribution in [-0.4, -0.2) is 43.0 Å². The van der Waals surface area contributed by atoms with Crippen molar-refractivity contribution in [3.63, 3.8) is 0 Å². The van der Waals surface area contributed by atoms with Crippen LogP contribution >= 0.6 is 0 Å². The molecule has 0 aliphatic carbocycles. The molecule has 0 heterocycles. The maximum atomic E-state index is 12.9. The van der Waals surface area contributed by atoms with Gasteiger partial charge in [-0.1, -0.05) is 36.8 Å². The number of nitrogens with one attached hydrogen (secondary N) is 1. The van der Waals surface area contributed by atoms with Crippen molar-refractivity contribution in [1.82, 2.24) is 10.2 Å². The molecular weight excluding hydrogens is 368 g/mol. The molecule has 1 atom stereocenters. The van der Waals surface area contributed by atoms with Gasteiger partial charge in [-0.2, -0.15) is 0 Å². The summed E-state index contributed by atoms with van der Waals surface area (Å²) in [7, 11) is 1.60. The van der Waals surface area contributed by atoms with E-state index in [1.807, 2.05) is 62.4 Å². The molecule has 156 valence electrons. The first-order chi connectivity index (χ1) is 13.9. The van der Waals surface area contributed by atoms with Gasteiger partial charge in [-0.3, -0.25) is 9.59 Å². The van der Waals surface area contributed by atoms with Gasteiger partial charge in [-0.05, 0) is 50.1 Å². The molecule has 0 spiro atoms. The zero-order chi connectivity index (χ0) is 21.2. The van der Waals surface area contributed by atoms with Crippen LogP contribution in [0.15, 0.2) is 48.5 Å². The Morgan fingerprint density at radius 1 is 1.03 bits per heavy atom. The predicted molar refractivity (Wildman–Crippen MR) is 113 cm³/mol. The van der Waals surface area contributed by atoms with Crippen molar-refractivity contribution in [1.29, 1.82) is 0 Å². The lowest BCUT2D eigenvalue weighted by atomic mass is 10.1. The van der Waals surface area contributed by atoms with Gasteiger partial charge in [0.2, 0.25) is 5.91 Å². The summed E-state index contributed by atoms with van der Waals surface area (Å²) >= 11 is 0. The van der Waals surface area contributed by atoms with E-state index in [0.717, 1.165) is 23.3 Å². The third kappa shape index (κ3) is 6.82. The van der Waals surface area contributed by atoms with Gasteiger partial charge in [0.15, 0.2) is 6.61 Å². The van der Waals surface area contributed by atoms with Crippen molar-refractivity contribution < 1.29 is 19.1 Å². The maximum absolute atomic E-state index is 12.9. The van der Waals surface area contributed by atoms with Crippen molar-refractivity contribution >= 4 is 11.8 Å². The fourth-order valence-electron chi connectivity index (χ4n) is 2.77. The molecule has 0 aliphatic rings. The number of carbonyl (C=O) groups is 2. The first-order valence-electron chi connectivity index (χ1n) is 9.84. The number of rotatable bonds is 10. The molecule has 6 nitrogen and oxygen atoms in total. The van der Waals surface area contributed by atoms with E-state index in [-0.39, 0.29) is 18.4 Å². The Labute approximate surface area is 172 Å². The SMILES string of the molecule is CCCNC(=O)[C@H](C)N(Cc1ccc(OC)cc1)C(=O)COc1ccc(C)cc1. The zero-order valence-corrected chi connectivity index (χ0v) is 17.6. The van der Waals surface area contributed by atoms with Gasteiger partial charge in [-0.25, -0.2) is 0 Å². The minimum atomic E-state index is -0.613. The molecule has 0 saturated heterocycles. The van der Waals surface area contributed by atoms with Crippen LogP contribution in [0.2, 0.25) is 0 Å².